The number of nitrogens with zero attached hydrogens (tertiary/aromatic N) is 1. The number of aliphatic hydroxyl groups excluding tert-OH is 1. The predicted molar refractivity (Wildman–Crippen MR) is 42.4 cm³/mol. The first kappa shape index (κ1) is 9.19. The van der Waals surface area contributed by atoms with E-state index in [0.29, 0.717) is 6.54 Å². The molecule has 1 aliphatic rings. The molecule has 1 rings (SSSR count). The van der Waals surface area contributed by atoms with Crippen LogP contribution in [0, 0.1) is 5.92 Å². The summed E-state index contributed by atoms with van der Waals surface area (Å²) >= 11 is 0. The average Bonchev–Trinajstić information content (AvgIpc) is 2.30. The van der Waals surface area contributed by atoms with Crippen LogP contribution in [0.5, 0.6) is 0 Å². The van der Waals surface area contributed by atoms with E-state index in [1.807, 2.05) is 13.8 Å². The molecule has 1 amide bonds. The van der Waals surface area contributed by atoms with Crippen molar-refractivity contribution in [3.8, 4) is 0 Å². The van der Waals surface area contributed by atoms with Gasteiger partial charge in [-0.3, -0.25) is 9.59 Å². The van der Waals surface area contributed by atoms with E-state index >= 15 is 0 Å². The van der Waals surface area contributed by atoms with Crippen LogP contribution in [-0.2, 0) is 9.59 Å². The van der Waals surface area contributed by atoms with E-state index in [1.165, 1.54) is 4.90 Å². The second kappa shape index (κ2) is 3.23. The number of aliphatic hydroxyl groups is 1. The van der Waals surface area contributed by atoms with Crippen LogP contribution >= 0.6 is 0 Å². The summed E-state index contributed by atoms with van der Waals surface area (Å²) in [5, 5.41) is 8.75. The van der Waals surface area contributed by atoms with Gasteiger partial charge in [-0.2, -0.15) is 0 Å². The van der Waals surface area contributed by atoms with Crippen LogP contribution in [-0.4, -0.2) is 40.9 Å². The molecule has 4 nitrogen and oxygen atoms in total. The lowest BCUT2D eigenvalue weighted by Crippen LogP contribution is -2.33. The van der Waals surface area contributed by atoms with E-state index in [2.05, 4.69) is 0 Å². The number of rotatable bonds is 2. The summed E-state index contributed by atoms with van der Waals surface area (Å²) in [6.45, 7) is 3.84. The molecule has 0 bridgehead atoms. The third-order valence-corrected chi connectivity index (χ3v) is 2.10. The standard InChI is InChI=1S/C8H13NO3/c1-5(2)9-3-6(4-10)7(11)8(9)12/h5-6,10H,3-4H2,1-2H3. The lowest BCUT2D eigenvalue weighted by atomic mass is 10.1. The van der Waals surface area contributed by atoms with Gasteiger partial charge in [0.15, 0.2) is 0 Å². The number of amides is 1. The van der Waals surface area contributed by atoms with Gasteiger partial charge in [0.1, 0.15) is 0 Å². The molecule has 0 radical (unpaired) electrons. The van der Waals surface area contributed by atoms with Gasteiger partial charge in [-0.1, -0.05) is 0 Å². The first-order valence-corrected chi connectivity index (χ1v) is 4.03. The summed E-state index contributed by atoms with van der Waals surface area (Å²) in [5.74, 6) is -1.41. The van der Waals surface area contributed by atoms with E-state index in [-0.39, 0.29) is 12.6 Å². The molecule has 12 heavy (non-hydrogen) atoms. The fourth-order valence-electron chi connectivity index (χ4n) is 1.31. The molecule has 4 heteroatoms. The van der Waals surface area contributed by atoms with Gasteiger partial charge in [0.05, 0.1) is 12.5 Å². The first-order chi connectivity index (χ1) is 5.57. The van der Waals surface area contributed by atoms with Crippen LogP contribution in [0.15, 0.2) is 0 Å². The maximum atomic E-state index is 11.2. The molecule has 0 aliphatic carbocycles. The van der Waals surface area contributed by atoms with Gasteiger partial charge in [-0.05, 0) is 13.8 Å². The monoisotopic (exact) mass is 171 g/mol. The molecular formula is C8H13NO3. The molecule has 0 saturated carbocycles. The summed E-state index contributed by atoms with van der Waals surface area (Å²) < 4.78 is 0. The van der Waals surface area contributed by atoms with Crippen molar-refractivity contribution < 1.29 is 14.7 Å². The minimum atomic E-state index is -0.500. The predicted octanol–water partition coefficient (Wildman–Crippen LogP) is -0.585. The Morgan fingerprint density at radius 3 is 2.42 bits per heavy atom. The van der Waals surface area contributed by atoms with E-state index < -0.39 is 17.6 Å². The molecule has 1 heterocycles. The zero-order valence-corrected chi connectivity index (χ0v) is 7.28. The van der Waals surface area contributed by atoms with Crippen molar-refractivity contribution in [1.29, 1.82) is 0 Å². The van der Waals surface area contributed by atoms with Gasteiger partial charge < -0.3 is 10.0 Å². The van der Waals surface area contributed by atoms with E-state index in [4.69, 9.17) is 5.11 Å². The number of hydrogen-bond acceptors (Lipinski definition) is 3. The Kier molecular flexibility index (Phi) is 2.47. The van der Waals surface area contributed by atoms with Gasteiger partial charge in [-0.15, -0.1) is 0 Å². The van der Waals surface area contributed by atoms with Crippen LogP contribution in [0.25, 0.3) is 0 Å². The molecule has 0 spiro atoms. The van der Waals surface area contributed by atoms with Crippen LogP contribution in [0.1, 0.15) is 13.8 Å². The molecule has 1 N–H and O–H groups in total. The largest absolute Gasteiger partial charge is 0.396 e. The molecule has 1 saturated heterocycles. The fourth-order valence-corrected chi connectivity index (χ4v) is 1.31. The smallest absolute Gasteiger partial charge is 0.290 e. The highest BCUT2D eigenvalue weighted by molar-refractivity contribution is 6.38. The van der Waals surface area contributed by atoms with E-state index in [9.17, 15) is 9.59 Å². The minimum Gasteiger partial charge on any atom is -0.396 e. The van der Waals surface area contributed by atoms with Crippen molar-refractivity contribution in [2.45, 2.75) is 19.9 Å². The summed E-state index contributed by atoms with van der Waals surface area (Å²) in [7, 11) is 0. The minimum absolute atomic E-state index is 0.0398. The van der Waals surface area contributed by atoms with Crippen molar-refractivity contribution in [1.82, 2.24) is 4.90 Å². The van der Waals surface area contributed by atoms with Gasteiger partial charge in [0.2, 0.25) is 5.78 Å². The second-order valence-electron chi connectivity index (χ2n) is 3.30. The third-order valence-electron chi connectivity index (χ3n) is 2.10. The van der Waals surface area contributed by atoms with Crippen LogP contribution in [0.3, 0.4) is 0 Å². The average molecular weight is 171 g/mol. The molecular weight excluding hydrogens is 158 g/mol. The zero-order valence-electron chi connectivity index (χ0n) is 7.28. The Morgan fingerprint density at radius 1 is 1.58 bits per heavy atom. The zero-order chi connectivity index (χ0) is 9.30. The Labute approximate surface area is 71.2 Å². The van der Waals surface area contributed by atoms with Crippen LogP contribution in [0.4, 0.5) is 0 Å². The quantitative estimate of drug-likeness (QED) is 0.565. The highest BCUT2D eigenvalue weighted by Gasteiger charge is 2.39. The van der Waals surface area contributed by atoms with Crippen molar-refractivity contribution in [3.63, 3.8) is 0 Å². The highest BCUT2D eigenvalue weighted by atomic mass is 16.3. The highest BCUT2D eigenvalue weighted by Crippen LogP contribution is 2.15. The van der Waals surface area contributed by atoms with E-state index in [0.717, 1.165) is 0 Å². The Morgan fingerprint density at radius 2 is 2.17 bits per heavy atom. The normalized spacial score (nSPS) is 24.3. The Balaban J connectivity index is 2.74. The molecule has 1 unspecified atom stereocenters. The third kappa shape index (κ3) is 1.34. The second-order valence-corrected chi connectivity index (χ2v) is 3.30. The van der Waals surface area contributed by atoms with Gasteiger partial charge in [-0.25, -0.2) is 0 Å². The van der Waals surface area contributed by atoms with Crippen molar-refractivity contribution in [2.75, 3.05) is 13.2 Å². The lowest BCUT2D eigenvalue weighted by molar-refractivity contribution is -0.141. The Hall–Kier alpha value is -0.900. The summed E-state index contributed by atoms with van der Waals surface area (Å²) in [6.07, 6.45) is 0. The molecule has 68 valence electrons. The number of carbonyl (C=O) groups excluding carboxylic acids is 2. The molecule has 1 fully saturated rings. The first-order valence-electron chi connectivity index (χ1n) is 4.03. The number of hydrogen-bond donors (Lipinski definition) is 1. The topological polar surface area (TPSA) is 57.6 Å². The number of ketones is 1. The summed E-state index contributed by atoms with van der Waals surface area (Å²) in [6, 6.07) is 0.0398. The molecule has 0 aromatic rings. The maximum absolute atomic E-state index is 11.2. The SMILES string of the molecule is CC(C)N1CC(CO)C(=O)C1=O. The van der Waals surface area contributed by atoms with Gasteiger partial charge in [0.25, 0.3) is 5.91 Å². The number of likely N-dealkylation sites (tertiary alicyclic amines) is 1. The Bertz CT molecular complexity index is 212. The number of Topliss-reactive ketones (excluding diaryl/α,β-unsaturated/α-hetero) is 1. The van der Waals surface area contributed by atoms with Crippen molar-refractivity contribution in [3.05, 3.63) is 0 Å². The number of carbonyl (C=O) groups is 2. The van der Waals surface area contributed by atoms with E-state index in [1.54, 1.807) is 0 Å². The molecule has 1 atom stereocenters. The molecule has 0 aromatic carbocycles. The van der Waals surface area contributed by atoms with Gasteiger partial charge in [0, 0.05) is 12.6 Å². The summed E-state index contributed by atoms with van der Waals surface area (Å²) in [5.41, 5.74) is 0. The molecule has 0 aromatic heterocycles. The maximum Gasteiger partial charge on any atom is 0.290 e. The van der Waals surface area contributed by atoms with Crippen molar-refractivity contribution >= 4 is 11.7 Å². The van der Waals surface area contributed by atoms with Crippen LogP contribution in [0.2, 0.25) is 0 Å². The lowest BCUT2D eigenvalue weighted by Gasteiger charge is -2.19. The fraction of sp³-hybridized carbons (Fsp3) is 0.750. The van der Waals surface area contributed by atoms with Crippen LogP contribution < -0.4 is 0 Å². The van der Waals surface area contributed by atoms with Gasteiger partial charge >= 0.3 is 0 Å². The molecule has 1 aliphatic heterocycles. The van der Waals surface area contributed by atoms with Crippen molar-refractivity contribution in [2.24, 2.45) is 5.92 Å². The summed E-state index contributed by atoms with van der Waals surface area (Å²) in [4.78, 5) is 23.8.